The van der Waals surface area contributed by atoms with Crippen molar-refractivity contribution in [2.45, 2.75) is 68.2 Å². The van der Waals surface area contributed by atoms with E-state index in [4.69, 9.17) is 0 Å². The van der Waals surface area contributed by atoms with E-state index in [1.54, 1.807) is 0 Å². The molecule has 0 aromatic heterocycles. The highest BCUT2D eigenvalue weighted by molar-refractivity contribution is 5.12. The zero-order chi connectivity index (χ0) is 15.7. The lowest BCUT2D eigenvalue weighted by atomic mass is 9.91. The van der Waals surface area contributed by atoms with Gasteiger partial charge in [-0.25, -0.2) is 0 Å². The Bertz CT molecular complexity index is 310. The smallest absolute Gasteiger partial charge is 0.00482 e. The van der Waals surface area contributed by atoms with Crippen molar-refractivity contribution in [2.75, 3.05) is 0 Å². The molecule has 0 aliphatic rings. The molecule has 0 fully saturated rings. The minimum Gasteiger partial charge on any atom is -0.0798 e. The minimum absolute atomic E-state index is 0.573. The maximum atomic E-state index is 2.40. The Morgan fingerprint density at radius 3 is 0.850 bits per heavy atom. The second-order valence-corrected chi connectivity index (χ2v) is 6.88. The van der Waals surface area contributed by atoms with Crippen LogP contribution < -0.4 is 0 Å². The summed E-state index contributed by atoms with van der Waals surface area (Å²) in [4.78, 5) is 0. The van der Waals surface area contributed by atoms with Gasteiger partial charge in [-0.2, -0.15) is 0 Å². The van der Waals surface area contributed by atoms with Crippen molar-refractivity contribution in [3.63, 3.8) is 0 Å². The fourth-order valence-corrected chi connectivity index (χ4v) is 2.53. The number of rotatable bonds is 7. The molecule has 114 valence electrons. The zero-order valence-corrected chi connectivity index (χ0v) is 14.9. The molecule has 0 aromatic rings. The van der Waals surface area contributed by atoms with Crippen molar-refractivity contribution in [3.8, 4) is 0 Å². The number of hydrogen-bond acceptors (Lipinski definition) is 0. The standard InChI is InChI=1S/C20H34/c1-15(2)11-19(12-16(3)4)9-10-20(13-17(5)6)14-18(7)8/h11-14,19-20H,9-10H2,1-8H3. The average molecular weight is 274 g/mol. The van der Waals surface area contributed by atoms with Gasteiger partial charge in [0, 0.05) is 0 Å². The molecule has 0 heteroatoms. The maximum Gasteiger partial charge on any atom is -0.00482 e. The molecule has 0 spiro atoms. The van der Waals surface area contributed by atoms with Gasteiger partial charge >= 0.3 is 0 Å². The molecule has 0 saturated heterocycles. The van der Waals surface area contributed by atoms with Gasteiger partial charge in [0.2, 0.25) is 0 Å². The molecule has 0 N–H and O–H groups in total. The third-order valence-corrected chi connectivity index (χ3v) is 3.02. The Morgan fingerprint density at radius 2 is 0.700 bits per heavy atom. The summed E-state index contributed by atoms with van der Waals surface area (Å²) in [6.07, 6.45) is 12.0. The van der Waals surface area contributed by atoms with Gasteiger partial charge in [0.05, 0.1) is 0 Å². The van der Waals surface area contributed by atoms with Crippen LogP contribution >= 0.6 is 0 Å². The van der Waals surface area contributed by atoms with Crippen molar-refractivity contribution >= 4 is 0 Å². The molecule has 0 radical (unpaired) electrons. The first kappa shape index (κ1) is 19.0. The lowest BCUT2D eigenvalue weighted by molar-refractivity contribution is 0.589. The van der Waals surface area contributed by atoms with Gasteiger partial charge in [-0.3, -0.25) is 0 Å². The third-order valence-electron chi connectivity index (χ3n) is 3.02. The topological polar surface area (TPSA) is 0 Å². The molecule has 0 heterocycles. The predicted molar refractivity (Wildman–Crippen MR) is 93.9 cm³/mol. The van der Waals surface area contributed by atoms with Crippen LogP contribution in [0.4, 0.5) is 0 Å². The fraction of sp³-hybridized carbons (Fsp3) is 0.600. The fourth-order valence-electron chi connectivity index (χ4n) is 2.53. The van der Waals surface area contributed by atoms with Crippen LogP contribution in [0.1, 0.15) is 68.2 Å². The van der Waals surface area contributed by atoms with E-state index in [0.29, 0.717) is 11.8 Å². The second kappa shape index (κ2) is 9.80. The van der Waals surface area contributed by atoms with Crippen molar-refractivity contribution in [2.24, 2.45) is 11.8 Å². The summed E-state index contributed by atoms with van der Waals surface area (Å²) >= 11 is 0. The minimum atomic E-state index is 0.573. The Hall–Kier alpha value is -1.04. The molecule has 0 saturated carbocycles. The summed E-state index contributed by atoms with van der Waals surface area (Å²) in [5.74, 6) is 1.15. The Balaban J connectivity index is 4.87. The summed E-state index contributed by atoms with van der Waals surface area (Å²) < 4.78 is 0. The summed E-state index contributed by atoms with van der Waals surface area (Å²) in [7, 11) is 0. The first-order valence-electron chi connectivity index (χ1n) is 7.80. The van der Waals surface area contributed by atoms with Crippen LogP contribution in [0.25, 0.3) is 0 Å². The van der Waals surface area contributed by atoms with E-state index in [1.807, 2.05) is 0 Å². The molecule has 0 nitrogen and oxygen atoms in total. The van der Waals surface area contributed by atoms with E-state index < -0.39 is 0 Å². The van der Waals surface area contributed by atoms with Crippen molar-refractivity contribution in [3.05, 3.63) is 46.6 Å². The molecule has 0 aliphatic heterocycles. The van der Waals surface area contributed by atoms with Crippen molar-refractivity contribution in [1.29, 1.82) is 0 Å². The Morgan fingerprint density at radius 1 is 0.500 bits per heavy atom. The number of allylic oxidation sites excluding steroid dienone is 8. The first-order valence-corrected chi connectivity index (χ1v) is 7.80. The highest BCUT2D eigenvalue weighted by Crippen LogP contribution is 2.22. The van der Waals surface area contributed by atoms with Gasteiger partial charge in [0.15, 0.2) is 0 Å². The molecule has 0 aliphatic carbocycles. The van der Waals surface area contributed by atoms with Crippen molar-refractivity contribution in [1.82, 2.24) is 0 Å². The summed E-state index contributed by atoms with van der Waals surface area (Å²) in [6, 6.07) is 0. The number of hydrogen-bond donors (Lipinski definition) is 0. The molecule has 0 unspecified atom stereocenters. The molecule has 0 rings (SSSR count). The van der Waals surface area contributed by atoms with Crippen LogP contribution in [-0.2, 0) is 0 Å². The molecule has 0 aromatic carbocycles. The van der Waals surface area contributed by atoms with Crippen LogP contribution in [0.15, 0.2) is 46.6 Å². The first-order chi connectivity index (χ1) is 9.20. The second-order valence-electron chi connectivity index (χ2n) is 6.88. The zero-order valence-electron chi connectivity index (χ0n) is 14.9. The predicted octanol–water partition coefficient (Wildman–Crippen LogP) is 6.86. The van der Waals surface area contributed by atoms with Crippen LogP contribution in [0.2, 0.25) is 0 Å². The molecule has 20 heavy (non-hydrogen) atoms. The Labute approximate surface area is 127 Å². The maximum absolute atomic E-state index is 2.40. The van der Waals surface area contributed by atoms with Gasteiger partial charge in [-0.05, 0) is 80.1 Å². The molecule has 0 atom stereocenters. The van der Waals surface area contributed by atoms with Gasteiger partial charge in [0.25, 0.3) is 0 Å². The van der Waals surface area contributed by atoms with Gasteiger partial charge in [-0.1, -0.05) is 46.6 Å². The quantitative estimate of drug-likeness (QED) is 0.445. The third kappa shape index (κ3) is 10.8. The van der Waals surface area contributed by atoms with E-state index in [0.717, 1.165) is 0 Å². The van der Waals surface area contributed by atoms with E-state index >= 15 is 0 Å². The normalized spacial score (nSPS) is 10.3. The van der Waals surface area contributed by atoms with Crippen LogP contribution in [0.3, 0.4) is 0 Å². The molecule has 0 amide bonds. The highest BCUT2D eigenvalue weighted by atomic mass is 14.1. The monoisotopic (exact) mass is 274 g/mol. The molecular formula is C20H34. The van der Waals surface area contributed by atoms with Crippen molar-refractivity contribution < 1.29 is 0 Å². The molecule has 0 bridgehead atoms. The van der Waals surface area contributed by atoms with Gasteiger partial charge < -0.3 is 0 Å². The lowest BCUT2D eigenvalue weighted by Crippen LogP contribution is -2.01. The average Bonchev–Trinajstić information content (AvgIpc) is 2.22. The van der Waals surface area contributed by atoms with E-state index in [-0.39, 0.29) is 0 Å². The highest BCUT2D eigenvalue weighted by Gasteiger charge is 2.07. The largest absolute Gasteiger partial charge is 0.0798 e. The molecular weight excluding hydrogens is 240 g/mol. The Kier molecular flexibility index (Phi) is 9.29. The summed E-state index contributed by atoms with van der Waals surface area (Å²) in [5, 5.41) is 0. The van der Waals surface area contributed by atoms with Crippen LogP contribution in [0.5, 0.6) is 0 Å². The lowest BCUT2D eigenvalue weighted by Gasteiger charge is -2.15. The van der Waals surface area contributed by atoms with Gasteiger partial charge in [0.1, 0.15) is 0 Å². The van der Waals surface area contributed by atoms with Crippen LogP contribution in [-0.4, -0.2) is 0 Å². The van der Waals surface area contributed by atoms with E-state index in [9.17, 15) is 0 Å². The van der Waals surface area contributed by atoms with Crippen LogP contribution in [0, 0.1) is 11.8 Å². The van der Waals surface area contributed by atoms with Gasteiger partial charge in [-0.15, -0.1) is 0 Å². The van der Waals surface area contributed by atoms with E-state index in [2.05, 4.69) is 79.7 Å². The summed E-state index contributed by atoms with van der Waals surface area (Å²) in [6.45, 7) is 17.5. The summed E-state index contributed by atoms with van der Waals surface area (Å²) in [5.41, 5.74) is 5.64. The van der Waals surface area contributed by atoms with E-state index in [1.165, 1.54) is 35.1 Å². The SMILES string of the molecule is CC(C)=CC(C=C(C)C)CCC(C=C(C)C)C=C(C)C.